The molecule has 0 saturated heterocycles. The van der Waals surface area contributed by atoms with Crippen LogP contribution in [0.5, 0.6) is 5.75 Å². The molecule has 0 fully saturated rings. The average molecular weight is 852 g/mol. The smallest absolute Gasteiger partial charge is 0.0620 e. The van der Waals surface area contributed by atoms with E-state index in [1.54, 1.807) is 0 Å². The maximum absolute atomic E-state index is 12.0. The van der Waals surface area contributed by atoms with Gasteiger partial charge in [-0.15, -0.1) is 0 Å². The second-order valence-corrected chi connectivity index (χ2v) is 19.0. The summed E-state index contributed by atoms with van der Waals surface area (Å²) in [6, 6.07) is 60.1. The number of rotatable bonds is 8. The van der Waals surface area contributed by atoms with Crippen molar-refractivity contribution in [2.24, 2.45) is 0 Å². The number of benzene rings is 5. The zero-order chi connectivity index (χ0) is 37.0. The third kappa shape index (κ3) is 15.7. The maximum atomic E-state index is 12.0. The van der Waals surface area contributed by atoms with Gasteiger partial charge >= 0.3 is 33.0 Å². The van der Waals surface area contributed by atoms with Gasteiger partial charge in [-0.05, 0) is 110 Å². The normalized spacial score (nSPS) is 12.2. The molecule has 0 radical (unpaired) electrons. The number of hydrogen-bond donors (Lipinski definition) is 0. The van der Waals surface area contributed by atoms with Crippen LogP contribution in [0, 0.1) is 13.8 Å². The SMILES string of the molecule is Cc1cc(C)c([O-])c(-[c+]2cccccc2)c1.F[P-](F)(F)(F)(F)F.[Mo].c1ccc([PH+](CC[PH+](c2ccccc2)c2ccccc2)c2ccccc2)cc1. The van der Waals surface area contributed by atoms with E-state index in [9.17, 15) is 30.3 Å². The van der Waals surface area contributed by atoms with Gasteiger partial charge < -0.3 is 5.11 Å². The van der Waals surface area contributed by atoms with Gasteiger partial charge in [-0.2, -0.15) is 0 Å². The first-order chi connectivity index (χ1) is 24.0. The second-order valence-electron chi connectivity index (χ2n) is 11.9. The van der Waals surface area contributed by atoms with Crippen molar-refractivity contribution in [3.63, 3.8) is 0 Å². The Bertz CT molecular complexity index is 1790. The van der Waals surface area contributed by atoms with Crippen LogP contribution in [0.4, 0.5) is 25.2 Å². The summed E-state index contributed by atoms with van der Waals surface area (Å²) in [5, 5.41) is 18.1. The zero-order valence-corrected chi connectivity index (χ0v) is 33.5. The fourth-order valence-corrected chi connectivity index (χ4v) is 11.8. The molecule has 0 aliphatic carbocycles. The van der Waals surface area contributed by atoms with Crippen molar-refractivity contribution < 1.29 is 51.4 Å². The molecule has 0 N–H and O–H groups in total. The Labute approximate surface area is 318 Å². The van der Waals surface area contributed by atoms with Crippen molar-refractivity contribution in [3.05, 3.63) is 181 Å². The molecule has 1 nitrogen and oxygen atoms in total. The Morgan fingerprint density at radius 2 is 0.788 bits per heavy atom. The molecular weight excluding hydrogens is 811 g/mol. The van der Waals surface area contributed by atoms with Crippen molar-refractivity contribution in [1.82, 2.24) is 0 Å². The van der Waals surface area contributed by atoms with Gasteiger partial charge in [0.1, 0.15) is 12.3 Å². The van der Waals surface area contributed by atoms with E-state index in [-0.39, 0.29) is 26.8 Å². The largest absolute Gasteiger partial charge is 0.101 e. The molecule has 0 aliphatic rings. The summed E-state index contributed by atoms with van der Waals surface area (Å²) in [6.07, 6.45) is 2.52. The van der Waals surface area contributed by atoms with E-state index in [0.29, 0.717) is 0 Å². The molecule has 0 unspecified atom stereocenters. The first-order valence-electron chi connectivity index (χ1n) is 16.2. The first-order valence-corrected chi connectivity index (χ1v) is 21.7. The van der Waals surface area contributed by atoms with Gasteiger partial charge in [0.15, 0.2) is 0 Å². The van der Waals surface area contributed by atoms with Crippen molar-refractivity contribution >= 4 is 44.9 Å². The molecule has 0 spiro atoms. The van der Waals surface area contributed by atoms with E-state index in [2.05, 4.69) is 121 Å². The van der Waals surface area contributed by atoms with Gasteiger partial charge in [0.2, 0.25) is 0 Å². The minimum atomic E-state index is -10.7. The maximum Gasteiger partial charge on any atom is 0.101 e. The number of aryl methyl sites for hydroxylation is 2. The third-order valence-electron chi connectivity index (χ3n) is 7.73. The van der Waals surface area contributed by atoms with Gasteiger partial charge in [0, 0.05) is 39.3 Å². The molecule has 0 aromatic heterocycles. The molecule has 52 heavy (non-hydrogen) atoms. The Kier molecular flexibility index (Phi) is 15.3. The van der Waals surface area contributed by atoms with E-state index >= 15 is 0 Å². The molecule has 6 aromatic rings. The number of hydrogen-bond acceptors (Lipinski definition) is 1. The molecule has 0 aliphatic heterocycles. The zero-order valence-electron chi connectivity index (χ0n) is 28.6. The van der Waals surface area contributed by atoms with Gasteiger partial charge in [0.05, 0.1) is 48.2 Å². The summed E-state index contributed by atoms with van der Waals surface area (Å²) < 4.78 is 59.2. The minimum Gasteiger partial charge on any atom is -0.0620 e. The van der Waals surface area contributed by atoms with Crippen LogP contribution < -0.4 is 26.3 Å². The molecule has 6 rings (SSSR count). The van der Waals surface area contributed by atoms with Crippen LogP contribution in [0.15, 0.2) is 170 Å². The van der Waals surface area contributed by atoms with Crippen molar-refractivity contribution in [1.29, 1.82) is 0 Å². The quantitative estimate of drug-likeness (QED) is 0.0647. The van der Waals surface area contributed by atoms with Crippen LogP contribution >= 0.6 is 23.7 Å². The Balaban J connectivity index is 0.000000256. The van der Waals surface area contributed by atoms with Crippen LogP contribution in [0.3, 0.4) is 0 Å². The van der Waals surface area contributed by atoms with E-state index in [1.165, 1.54) is 33.5 Å². The molecule has 272 valence electrons. The van der Waals surface area contributed by atoms with Crippen LogP contribution in [0.1, 0.15) is 11.1 Å². The van der Waals surface area contributed by atoms with Gasteiger partial charge in [-0.1, -0.05) is 72.8 Å². The topological polar surface area (TPSA) is 23.1 Å². The van der Waals surface area contributed by atoms with Gasteiger partial charge in [-0.25, -0.2) is 0 Å². The summed E-state index contributed by atoms with van der Waals surface area (Å²) >= 11 is 0. The molecule has 0 atom stereocenters. The summed E-state index contributed by atoms with van der Waals surface area (Å²) in [4.78, 5) is 0. The predicted molar refractivity (Wildman–Crippen MR) is 209 cm³/mol. The summed E-state index contributed by atoms with van der Waals surface area (Å²) in [5.74, 6) is 0.122. The molecule has 11 heteroatoms. The molecule has 0 bridgehead atoms. The molecule has 0 saturated carbocycles. The van der Waals surface area contributed by atoms with Crippen molar-refractivity contribution in [3.8, 4) is 16.9 Å². The van der Waals surface area contributed by atoms with E-state index in [0.717, 1.165) is 22.3 Å². The van der Waals surface area contributed by atoms with Crippen molar-refractivity contribution in [2.75, 3.05) is 12.3 Å². The Hall–Kier alpha value is -3.45. The second kappa shape index (κ2) is 18.5. The third-order valence-corrected chi connectivity index (χ3v) is 13.8. The summed E-state index contributed by atoms with van der Waals surface area (Å²) in [5.41, 5.74) is 3.69. The van der Waals surface area contributed by atoms with E-state index < -0.39 is 23.7 Å². The summed E-state index contributed by atoms with van der Waals surface area (Å²) in [7, 11) is -12.2. The van der Waals surface area contributed by atoms with E-state index in [1.807, 2.05) is 62.4 Å². The van der Waals surface area contributed by atoms with E-state index in [4.69, 9.17) is 0 Å². The average Bonchev–Trinajstić information content (AvgIpc) is 3.39. The Morgan fingerprint density at radius 3 is 1.10 bits per heavy atom. The molecular formula is C41H40F6MoOP3+. The predicted octanol–water partition coefficient (Wildman–Crippen LogP) is 11.4. The van der Waals surface area contributed by atoms with Gasteiger partial charge in [-0.3, -0.25) is 0 Å². The number of halogens is 6. The van der Waals surface area contributed by atoms with Crippen LogP contribution in [-0.2, 0) is 21.1 Å². The fraction of sp³-hybridized carbons (Fsp3) is 0.0976. The fourth-order valence-electron chi connectivity index (χ4n) is 5.57. The van der Waals surface area contributed by atoms with Crippen molar-refractivity contribution in [2.45, 2.75) is 13.8 Å². The molecule has 0 amide bonds. The first kappa shape index (κ1) is 43.0. The Morgan fingerprint density at radius 1 is 0.500 bits per heavy atom. The monoisotopic (exact) mass is 853 g/mol. The van der Waals surface area contributed by atoms with Crippen LogP contribution in [0.2, 0.25) is 0 Å². The summed E-state index contributed by atoms with van der Waals surface area (Å²) in [6.45, 7) is 3.88. The molecule has 0 heterocycles. The standard InChI is InChI=1S/C26H24P2.C15H14O.F6P.Mo/c1-5-13-23(14-6-1)27(24-15-7-2-8-16-24)21-22-28(25-17-9-3-10-18-25)26-19-11-4-12-20-26;1-11-9-12(2)15(16)14(10-11)13-7-5-3-4-6-8-13;1-7(2,3,4,5)6;/h1-20H,21-22H2;3-10H,1-2H3;;/q;;-1;/p+2. The van der Waals surface area contributed by atoms with Gasteiger partial charge in [0.25, 0.3) is 0 Å². The van der Waals surface area contributed by atoms with Crippen LogP contribution in [0.25, 0.3) is 11.1 Å². The minimum absolute atomic E-state index is 0. The molecule has 6 aromatic carbocycles. The van der Waals surface area contributed by atoms with Crippen LogP contribution in [-0.4, -0.2) is 12.3 Å².